The Balaban J connectivity index is 1.34. The largest absolute Gasteiger partial charge is 0.466 e. The number of hydrogen-bond acceptors (Lipinski definition) is 5. The summed E-state index contributed by atoms with van der Waals surface area (Å²) in [5.41, 5.74) is -0.762. The molecule has 0 aromatic rings. The predicted molar refractivity (Wildman–Crippen MR) is 107 cm³/mol. The number of rotatable bonds is 4. The normalized spacial score (nSPS) is 52.8. The van der Waals surface area contributed by atoms with Gasteiger partial charge in [0.1, 0.15) is 11.7 Å². The Labute approximate surface area is 173 Å². The van der Waals surface area contributed by atoms with Gasteiger partial charge in [0.25, 0.3) is 0 Å². The second kappa shape index (κ2) is 6.29. The van der Waals surface area contributed by atoms with Gasteiger partial charge in [0.15, 0.2) is 5.78 Å². The van der Waals surface area contributed by atoms with Crippen molar-refractivity contribution in [2.75, 3.05) is 6.61 Å². The van der Waals surface area contributed by atoms with Crippen molar-refractivity contribution in [1.29, 1.82) is 0 Å². The summed E-state index contributed by atoms with van der Waals surface area (Å²) in [6.45, 7) is 6.56. The summed E-state index contributed by atoms with van der Waals surface area (Å²) in [5.74, 6) is 1.86. The Morgan fingerprint density at radius 2 is 1.83 bits per heavy atom. The number of fused-ring (bicyclic) bond motifs is 4. The molecule has 29 heavy (non-hydrogen) atoms. The number of hydrogen-bond donors (Lipinski definition) is 1. The van der Waals surface area contributed by atoms with Gasteiger partial charge in [-0.3, -0.25) is 9.59 Å². The van der Waals surface area contributed by atoms with Gasteiger partial charge in [0.2, 0.25) is 0 Å². The first-order chi connectivity index (χ1) is 13.7. The highest BCUT2D eigenvalue weighted by Gasteiger charge is 2.77. The van der Waals surface area contributed by atoms with Crippen LogP contribution in [0.25, 0.3) is 0 Å². The monoisotopic (exact) mass is 404 g/mol. The van der Waals surface area contributed by atoms with Crippen LogP contribution < -0.4 is 0 Å². The second-order valence-electron chi connectivity index (χ2n) is 11.2. The van der Waals surface area contributed by atoms with Crippen molar-refractivity contribution in [2.24, 2.45) is 28.6 Å². The topological polar surface area (TPSA) is 76.1 Å². The molecule has 1 N–H and O–H groups in total. The van der Waals surface area contributed by atoms with E-state index in [0.717, 1.165) is 51.4 Å². The lowest BCUT2D eigenvalue weighted by Crippen LogP contribution is -2.59. The first-order valence-electron chi connectivity index (χ1n) is 11.7. The summed E-state index contributed by atoms with van der Waals surface area (Å²) < 4.78 is 11.3. The molecule has 0 aromatic carbocycles. The molecule has 5 fully saturated rings. The van der Waals surface area contributed by atoms with Crippen LogP contribution in [0, 0.1) is 28.6 Å². The van der Waals surface area contributed by atoms with E-state index in [1.54, 1.807) is 0 Å². The van der Waals surface area contributed by atoms with E-state index in [2.05, 4.69) is 13.8 Å². The third kappa shape index (κ3) is 2.52. The third-order valence-electron chi connectivity index (χ3n) is 10.3. The van der Waals surface area contributed by atoms with Crippen molar-refractivity contribution in [2.45, 2.75) is 102 Å². The van der Waals surface area contributed by atoms with E-state index in [4.69, 9.17) is 9.47 Å². The van der Waals surface area contributed by atoms with E-state index in [-0.39, 0.29) is 28.5 Å². The highest BCUT2D eigenvalue weighted by Crippen LogP contribution is 2.73. The lowest BCUT2D eigenvalue weighted by atomic mass is 9.44. The summed E-state index contributed by atoms with van der Waals surface area (Å²) in [6, 6.07) is 0. The molecule has 0 radical (unpaired) electrons. The molecule has 5 heteroatoms. The maximum atomic E-state index is 12.3. The molecule has 0 aromatic heterocycles. The van der Waals surface area contributed by atoms with Crippen molar-refractivity contribution in [3.05, 3.63) is 0 Å². The lowest BCUT2D eigenvalue weighted by Gasteiger charge is -2.60. The average molecular weight is 405 g/mol. The van der Waals surface area contributed by atoms with Gasteiger partial charge in [-0.1, -0.05) is 13.8 Å². The fourth-order valence-corrected chi connectivity index (χ4v) is 8.60. The molecule has 1 aliphatic heterocycles. The first kappa shape index (κ1) is 20.0. The molecule has 5 rings (SSSR count). The Kier molecular flexibility index (Phi) is 4.33. The molecular formula is C24H36O5. The van der Waals surface area contributed by atoms with Gasteiger partial charge in [0.05, 0.1) is 12.2 Å². The van der Waals surface area contributed by atoms with Crippen LogP contribution >= 0.6 is 0 Å². The maximum absolute atomic E-state index is 12.3. The van der Waals surface area contributed by atoms with Crippen molar-refractivity contribution >= 4 is 11.8 Å². The Morgan fingerprint density at radius 1 is 1.10 bits per heavy atom. The molecule has 1 heterocycles. The fraction of sp³-hybridized carbons (Fsp3) is 0.917. The average Bonchev–Trinajstić information content (AvgIpc) is 3.36. The molecule has 1 saturated heterocycles. The Morgan fingerprint density at radius 3 is 2.59 bits per heavy atom. The van der Waals surface area contributed by atoms with Crippen LogP contribution in [-0.2, 0) is 19.1 Å². The summed E-state index contributed by atoms with van der Waals surface area (Å²) in [7, 11) is 0. The van der Waals surface area contributed by atoms with Gasteiger partial charge in [-0.25, -0.2) is 0 Å². The number of ketones is 1. The zero-order chi connectivity index (χ0) is 20.7. The Hall–Kier alpha value is -0.940. The van der Waals surface area contributed by atoms with Crippen LogP contribution in [0.5, 0.6) is 0 Å². The second-order valence-corrected chi connectivity index (χ2v) is 11.2. The molecule has 5 nitrogen and oxygen atoms in total. The van der Waals surface area contributed by atoms with Crippen molar-refractivity contribution in [1.82, 2.24) is 0 Å². The molecule has 162 valence electrons. The molecule has 0 bridgehead atoms. The van der Waals surface area contributed by atoms with Crippen LogP contribution in [0.2, 0.25) is 0 Å². The van der Waals surface area contributed by atoms with Crippen LogP contribution in [0.15, 0.2) is 0 Å². The van der Waals surface area contributed by atoms with Gasteiger partial charge < -0.3 is 14.6 Å². The minimum absolute atomic E-state index is 0.0560. The van der Waals surface area contributed by atoms with Crippen LogP contribution in [-0.4, -0.2) is 40.8 Å². The van der Waals surface area contributed by atoms with Gasteiger partial charge in [-0.15, -0.1) is 0 Å². The predicted octanol–water partition coefficient (Wildman–Crippen LogP) is 3.80. The minimum atomic E-state index is -0.653. The molecule has 1 spiro atoms. The SMILES string of the molecule is CC(=O)OCCC[C@]1(O)CC[C@H]2[C@@H]3CCC45OC4C(=O)CC[C@]5(C)[C@H]3CC[C@@]21C. The van der Waals surface area contributed by atoms with Gasteiger partial charge in [0, 0.05) is 18.8 Å². The number of carbonyl (C=O) groups is 2. The third-order valence-corrected chi connectivity index (χ3v) is 10.3. The van der Waals surface area contributed by atoms with Crippen LogP contribution in [0.3, 0.4) is 0 Å². The molecule has 2 unspecified atom stereocenters. The molecule has 0 amide bonds. The van der Waals surface area contributed by atoms with Crippen LogP contribution in [0.1, 0.15) is 85.0 Å². The van der Waals surface area contributed by atoms with E-state index < -0.39 is 5.60 Å². The number of carbonyl (C=O) groups excluding carboxylic acids is 2. The van der Waals surface area contributed by atoms with Gasteiger partial charge in [-0.05, 0) is 81.0 Å². The maximum Gasteiger partial charge on any atom is 0.302 e. The zero-order valence-corrected chi connectivity index (χ0v) is 18.2. The van der Waals surface area contributed by atoms with E-state index in [1.165, 1.54) is 6.92 Å². The molecule has 8 atom stereocenters. The van der Waals surface area contributed by atoms with Crippen molar-refractivity contribution in [3.63, 3.8) is 0 Å². The van der Waals surface area contributed by atoms with Gasteiger partial charge >= 0.3 is 5.97 Å². The van der Waals surface area contributed by atoms with E-state index in [1.807, 2.05) is 0 Å². The molecular weight excluding hydrogens is 368 g/mol. The number of aliphatic hydroxyl groups is 1. The summed E-state index contributed by atoms with van der Waals surface area (Å²) in [6.07, 6.45) is 9.23. The number of ether oxygens (including phenoxy) is 2. The molecule has 4 aliphatic carbocycles. The molecule has 4 saturated carbocycles. The fourth-order valence-electron chi connectivity index (χ4n) is 8.60. The quantitative estimate of drug-likeness (QED) is 0.438. The first-order valence-corrected chi connectivity index (χ1v) is 11.7. The summed E-state index contributed by atoms with van der Waals surface area (Å²) in [5, 5.41) is 11.7. The number of Topliss-reactive ketones (excluding diaryl/α,β-unsaturated/α-hetero) is 1. The lowest BCUT2D eigenvalue weighted by molar-refractivity contribution is -0.157. The van der Waals surface area contributed by atoms with Gasteiger partial charge in [-0.2, -0.15) is 0 Å². The van der Waals surface area contributed by atoms with Crippen molar-refractivity contribution in [3.8, 4) is 0 Å². The van der Waals surface area contributed by atoms with E-state index in [9.17, 15) is 14.7 Å². The smallest absolute Gasteiger partial charge is 0.302 e. The zero-order valence-electron chi connectivity index (χ0n) is 18.2. The highest BCUT2D eigenvalue weighted by molar-refractivity contribution is 5.88. The standard InChI is InChI=1S/C24H36O5/c1-15(25)28-14-4-9-23(27)12-7-17-16-5-13-24-20(29-24)19(26)8-11-22(24,3)18(16)6-10-21(17,23)2/h16-18,20,27H,4-14H2,1-3H3/t16-,17-,18-,20?,21-,22+,23-,24?/m0/s1. The van der Waals surface area contributed by atoms with E-state index >= 15 is 0 Å². The van der Waals surface area contributed by atoms with Crippen molar-refractivity contribution < 1.29 is 24.2 Å². The van der Waals surface area contributed by atoms with E-state index in [0.29, 0.717) is 43.0 Å². The minimum Gasteiger partial charge on any atom is -0.466 e. The summed E-state index contributed by atoms with van der Waals surface area (Å²) in [4.78, 5) is 23.3. The highest BCUT2D eigenvalue weighted by atomic mass is 16.6. The molecule has 5 aliphatic rings. The number of epoxide rings is 1. The number of esters is 1. The Bertz CT molecular complexity index is 735. The van der Waals surface area contributed by atoms with Crippen LogP contribution in [0.4, 0.5) is 0 Å². The summed E-state index contributed by atoms with van der Waals surface area (Å²) >= 11 is 0.